The van der Waals surface area contributed by atoms with E-state index in [1.54, 1.807) is 37.3 Å². The number of hydrogen-bond donors (Lipinski definition) is 2. The Morgan fingerprint density at radius 2 is 1.90 bits per heavy atom. The lowest BCUT2D eigenvalue weighted by molar-refractivity contribution is -0.139. The van der Waals surface area contributed by atoms with E-state index in [2.05, 4.69) is 10.1 Å². The van der Waals surface area contributed by atoms with Crippen molar-refractivity contribution < 1.29 is 24.2 Å². The molecule has 1 atom stereocenters. The van der Waals surface area contributed by atoms with Crippen molar-refractivity contribution in [2.75, 3.05) is 13.7 Å². The van der Waals surface area contributed by atoms with Gasteiger partial charge in [-0.05, 0) is 12.5 Å². The molecule has 2 N–H and O–H groups in total. The Morgan fingerprint density at radius 3 is 2.40 bits per heavy atom. The SMILES string of the molecule is CCOC(=O)N(C)C(=O)NC(C(=O)O)c1ccccc1. The molecule has 0 aliphatic carbocycles. The Balaban J connectivity index is 2.79. The van der Waals surface area contributed by atoms with Crippen molar-refractivity contribution in [1.29, 1.82) is 0 Å². The highest BCUT2D eigenvalue weighted by Gasteiger charge is 2.26. The molecule has 20 heavy (non-hydrogen) atoms. The van der Waals surface area contributed by atoms with Gasteiger partial charge in [-0.2, -0.15) is 0 Å². The molecule has 0 radical (unpaired) electrons. The molecule has 0 bridgehead atoms. The number of carbonyl (C=O) groups is 3. The van der Waals surface area contributed by atoms with Gasteiger partial charge in [0.25, 0.3) is 0 Å². The van der Waals surface area contributed by atoms with Crippen molar-refractivity contribution in [2.24, 2.45) is 0 Å². The maximum absolute atomic E-state index is 11.8. The first-order valence-electron chi connectivity index (χ1n) is 5.96. The van der Waals surface area contributed by atoms with Crippen LogP contribution in [0.1, 0.15) is 18.5 Å². The van der Waals surface area contributed by atoms with Gasteiger partial charge in [0.1, 0.15) is 0 Å². The Kier molecular flexibility index (Phi) is 5.52. The third-order valence-electron chi connectivity index (χ3n) is 2.49. The molecule has 1 rings (SSSR count). The fraction of sp³-hybridized carbons (Fsp3) is 0.308. The minimum absolute atomic E-state index is 0.123. The number of ether oxygens (including phenoxy) is 1. The molecule has 0 heterocycles. The van der Waals surface area contributed by atoms with Gasteiger partial charge >= 0.3 is 18.1 Å². The van der Waals surface area contributed by atoms with Gasteiger partial charge in [0, 0.05) is 7.05 Å². The molecule has 0 aromatic heterocycles. The van der Waals surface area contributed by atoms with Gasteiger partial charge in [0.2, 0.25) is 0 Å². The minimum Gasteiger partial charge on any atom is -0.479 e. The number of aliphatic carboxylic acids is 1. The summed E-state index contributed by atoms with van der Waals surface area (Å²) < 4.78 is 4.65. The fourth-order valence-corrected chi connectivity index (χ4v) is 1.46. The van der Waals surface area contributed by atoms with E-state index < -0.39 is 24.1 Å². The van der Waals surface area contributed by atoms with Crippen LogP contribution >= 0.6 is 0 Å². The smallest absolute Gasteiger partial charge is 0.417 e. The second kappa shape index (κ2) is 7.13. The molecule has 0 aliphatic rings. The Hall–Kier alpha value is -2.57. The van der Waals surface area contributed by atoms with Crippen LogP contribution in [0.2, 0.25) is 0 Å². The van der Waals surface area contributed by atoms with Crippen LogP contribution < -0.4 is 5.32 Å². The largest absolute Gasteiger partial charge is 0.479 e. The zero-order valence-corrected chi connectivity index (χ0v) is 11.2. The highest BCUT2D eigenvalue weighted by molar-refractivity contribution is 5.92. The molecule has 108 valence electrons. The number of carbonyl (C=O) groups excluding carboxylic acids is 2. The maximum Gasteiger partial charge on any atom is 0.417 e. The average molecular weight is 280 g/mol. The second-order valence-corrected chi connectivity index (χ2v) is 3.89. The summed E-state index contributed by atoms with van der Waals surface area (Å²) in [5.74, 6) is -1.22. The molecule has 0 fully saturated rings. The first-order valence-corrected chi connectivity index (χ1v) is 5.96. The molecule has 7 nitrogen and oxygen atoms in total. The number of amides is 3. The number of nitrogens with zero attached hydrogens (tertiary/aromatic N) is 1. The third kappa shape index (κ3) is 3.98. The number of carboxylic acids is 1. The van der Waals surface area contributed by atoms with Crippen LogP contribution in [0, 0.1) is 0 Å². The van der Waals surface area contributed by atoms with Gasteiger partial charge in [-0.25, -0.2) is 19.3 Å². The summed E-state index contributed by atoms with van der Waals surface area (Å²) in [6.07, 6.45) is -0.845. The molecular weight excluding hydrogens is 264 g/mol. The minimum atomic E-state index is -1.24. The molecule has 1 unspecified atom stereocenters. The zero-order chi connectivity index (χ0) is 15.1. The van der Waals surface area contributed by atoms with E-state index in [1.165, 1.54) is 7.05 Å². The van der Waals surface area contributed by atoms with Crippen molar-refractivity contribution in [2.45, 2.75) is 13.0 Å². The molecule has 7 heteroatoms. The van der Waals surface area contributed by atoms with Crippen LogP contribution in [0.4, 0.5) is 9.59 Å². The summed E-state index contributed by atoms with van der Waals surface area (Å²) in [4.78, 5) is 35.1. The van der Waals surface area contributed by atoms with Crippen molar-refractivity contribution in [3.8, 4) is 0 Å². The molecular formula is C13H16N2O5. The summed E-state index contributed by atoms with van der Waals surface area (Å²) in [6, 6.07) is 6.11. The number of imide groups is 1. The van der Waals surface area contributed by atoms with Crippen molar-refractivity contribution >= 4 is 18.1 Å². The summed E-state index contributed by atoms with van der Waals surface area (Å²) in [7, 11) is 1.21. The quantitative estimate of drug-likeness (QED) is 0.873. The van der Waals surface area contributed by atoms with Crippen LogP contribution in [0.5, 0.6) is 0 Å². The van der Waals surface area contributed by atoms with Gasteiger partial charge in [-0.3, -0.25) is 0 Å². The summed E-state index contributed by atoms with van der Waals surface area (Å²) >= 11 is 0. The number of urea groups is 1. The summed E-state index contributed by atoms with van der Waals surface area (Å²) in [5.41, 5.74) is 0.408. The predicted molar refractivity (Wildman–Crippen MR) is 70.1 cm³/mol. The highest BCUT2D eigenvalue weighted by atomic mass is 16.6. The van der Waals surface area contributed by atoms with E-state index in [-0.39, 0.29) is 6.61 Å². The Bertz CT molecular complexity index is 489. The molecule has 1 aromatic rings. The molecule has 0 saturated heterocycles. The monoisotopic (exact) mass is 280 g/mol. The lowest BCUT2D eigenvalue weighted by atomic mass is 10.1. The van der Waals surface area contributed by atoms with E-state index in [4.69, 9.17) is 5.11 Å². The summed E-state index contributed by atoms with van der Waals surface area (Å²) in [6.45, 7) is 1.73. The number of hydrogen-bond acceptors (Lipinski definition) is 4. The van der Waals surface area contributed by atoms with Gasteiger partial charge in [0.05, 0.1) is 6.61 Å². The van der Waals surface area contributed by atoms with Crippen LogP contribution in [-0.4, -0.2) is 41.8 Å². The van der Waals surface area contributed by atoms with Crippen molar-refractivity contribution in [1.82, 2.24) is 10.2 Å². The van der Waals surface area contributed by atoms with Gasteiger partial charge in [-0.15, -0.1) is 0 Å². The number of rotatable bonds is 4. The topological polar surface area (TPSA) is 95.9 Å². The molecule has 1 aromatic carbocycles. The maximum atomic E-state index is 11.8. The average Bonchev–Trinajstić information content (AvgIpc) is 2.44. The lowest BCUT2D eigenvalue weighted by Gasteiger charge is -2.19. The number of nitrogens with one attached hydrogen (secondary N) is 1. The number of carboxylic acid groups (broad SMARTS) is 1. The predicted octanol–water partition coefficient (Wildman–Crippen LogP) is 1.61. The van der Waals surface area contributed by atoms with Crippen molar-refractivity contribution in [3.05, 3.63) is 35.9 Å². The molecule has 0 aliphatic heterocycles. The Morgan fingerprint density at radius 1 is 1.30 bits per heavy atom. The highest BCUT2D eigenvalue weighted by Crippen LogP contribution is 2.13. The zero-order valence-electron chi connectivity index (χ0n) is 11.2. The van der Waals surface area contributed by atoms with Crippen LogP contribution in [0.25, 0.3) is 0 Å². The molecule has 3 amide bonds. The summed E-state index contributed by atoms with van der Waals surface area (Å²) in [5, 5.41) is 11.4. The number of benzene rings is 1. The fourth-order valence-electron chi connectivity index (χ4n) is 1.46. The second-order valence-electron chi connectivity index (χ2n) is 3.89. The van der Waals surface area contributed by atoms with E-state index in [0.717, 1.165) is 0 Å². The van der Waals surface area contributed by atoms with Crippen LogP contribution in [0.15, 0.2) is 30.3 Å². The van der Waals surface area contributed by atoms with Crippen molar-refractivity contribution in [3.63, 3.8) is 0 Å². The van der Waals surface area contributed by atoms with Crippen LogP contribution in [0.3, 0.4) is 0 Å². The molecule has 0 spiro atoms. The van der Waals surface area contributed by atoms with Gasteiger partial charge in [0.15, 0.2) is 6.04 Å². The standard InChI is InChI=1S/C13H16N2O5/c1-3-20-13(19)15(2)12(18)14-10(11(16)17)9-7-5-4-6-8-9/h4-8,10H,3H2,1-2H3,(H,14,18)(H,16,17). The normalized spacial score (nSPS) is 11.3. The Labute approximate surface area is 116 Å². The van der Waals surface area contributed by atoms with Gasteiger partial charge in [-0.1, -0.05) is 30.3 Å². The van der Waals surface area contributed by atoms with Crippen LogP contribution in [-0.2, 0) is 9.53 Å². The first-order chi connectivity index (χ1) is 9.47. The molecule has 0 saturated carbocycles. The van der Waals surface area contributed by atoms with E-state index in [9.17, 15) is 14.4 Å². The van der Waals surface area contributed by atoms with Gasteiger partial charge < -0.3 is 15.2 Å². The van der Waals surface area contributed by atoms with E-state index in [0.29, 0.717) is 10.5 Å². The first kappa shape index (κ1) is 15.5. The third-order valence-corrected chi connectivity index (χ3v) is 2.49. The van der Waals surface area contributed by atoms with E-state index >= 15 is 0 Å². The lowest BCUT2D eigenvalue weighted by Crippen LogP contribution is -2.44. The van der Waals surface area contributed by atoms with E-state index in [1.807, 2.05) is 0 Å².